The standard InChI is InChI=1S/C13H17N3/c1-10(14)12-6-4-3-5-11(12)9-13-15-7-8-16(13)2/h3-8,10H,9,14H2,1-2H3. The number of aromatic nitrogens is 2. The SMILES string of the molecule is CC(N)c1ccccc1Cc1nccn1C. The summed E-state index contributed by atoms with van der Waals surface area (Å²) in [5.41, 5.74) is 8.41. The van der Waals surface area contributed by atoms with E-state index in [9.17, 15) is 0 Å². The van der Waals surface area contributed by atoms with E-state index in [0.717, 1.165) is 12.2 Å². The van der Waals surface area contributed by atoms with Gasteiger partial charge in [0.1, 0.15) is 5.82 Å². The molecule has 0 saturated heterocycles. The number of benzene rings is 1. The topological polar surface area (TPSA) is 43.8 Å². The molecule has 0 spiro atoms. The van der Waals surface area contributed by atoms with Gasteiger partial charge >= 0.3 is 0 Å². The Bertz CT molecular complexity index is 472. The van der Waals surface area contributed by atoms with Crippen LogP contribution in [0, 0.1) is 0 Å². The van der Waals surface area contributed by atoms with E-state index >= 15 is 0 Å². The van der Waals surface area contributed by atoms with E-state index < -0.39 is 0 Å². The fraction of sp³-hybridized carbons (Fsp3) is 0.308. The fourth-order valence-electron chi connectivity index (χ4n) is 1.88. The van der Waals surface area contributed by atoms with Crippen LogP contribution in [0.3, 0.4) is 0 Å². The lowest BCUT2D eigenvalue weighted by Crippen LogP contribution is -2.09. The van der Waals surface area contributed by atoms with Crippen molar-refractivity contribution in [3.8, 4) is 0 Å². The summed E-state index contributed by atoms with van der Waals surface area (Å²) in [6, 6.07) is 8.35. The molecule has 1 heterocycles. The molecule has 1 atom stereocenters. The van der Waals surface area contributed by atoms with Gasteiger partial charge in [-0.25, -0.2) is 4.98 Å². The lowest BCUT2D eigenvalue weighted by atomic mass is 9.99. The summed E-state index contributed by atoms with van der Waals surface area (Å²) in [5, 5.41) is 0. The number of aryl methyl sites for hydroxylation is 1. The van der Waals surface area contributed by atoms with Crippen LogP contribution in [0.25, 0.3) is 0 Å². The Kier molecular flexibility index (Phi) is 3.06. The maximum Gasteiger partial charge on any atom is 0.112 e. The smallest absolute Gasteiger partial charge is 0.112 e. The van der Waals surface area contributed by atoms with E-state index in [1.54, 1.807) is 0 Å². The van der Waals surface area contributed by atoms with E-state index in [4.69, 9.17) is 5.73 Å². The summed E-state index contributed by atoms with van der Waals surface area (Å²) in [7, 11) is 2.01. The van der Waals surface area contributed by atoms with Crippen molar-refractivity contribution >= 4 is 0 Å². The Morgan fingerprint density at radius 1 is 1.38 bits per heavy atom. The number of hydrogen-bond acceptors (Lipinski definition) is 2. The molecule has 0 aliphatic heterocycles. The van der Waals surface area contributed by atoms with Crippen LogP contribution < -0.4 is 5.73 Å². The highest BCUT2D eigenvalue weighted by Crippen LogP contribution is 2.18. The molecular weight excluding hydrogens is 198 g/mol. The first-order valence-electron chi connectivity index (χ1n) is 5.48. The third kappa shape index (κ3) is 2.14. The summed E-state index contributed by atoms with van der Waals surface area (Å²) < 4.78 is 2.04. The van der Waals surface area contributed by atoms with E-state index in [1.807, 2.05) is 43.1 Å². The van der Waals surface area contributed by atoms with Gasteiger partial charge in [0.2, 0.25) is 0 Å². The van der Waals surface area contributed by atoms with Crippen molar-refractivity contribution in [2.24, 2.45) is 12.8 Å². The van der Waals surface area contributed by atoms with Gasteiger partial charge in [-0.3, -0.25) is 0 Å². The van der Waals surface area contributed by atoms with E-state index in [0.29, 0.717) is 0 Å². The zero-order valence-electron chi connectivity index (χ0n) is 9.72. The summed E-state index contributed by atoms with van der Waals surface area (Å²) in [4.78, 5) is 4.33. The average Bonchev–Trinajstić information content (AvgIpc) is 2.65. The van der Waals surface area contributed by atoms with Crippen molar-refractivity contribution < 1.29 is 0 Å². The minimum Gasteiger partial charge on any atom is -0.338 e. The van der Waals surface area contributed by atoms with Crippen LogP contribution in [0.2, 0.25) is 0 Å². The molecule has 16 heavy (non-hydrogen) atoms. The Balaban J connectivity index is 2.31. The van der Waals surface area contributed by atoms with Gasteiger partial charge in [0.05, 0.1) is 0 Å². The number of nitrogens with two attached hydrogens (primary N) is 1. The number of imidazole rings is 1. The molecule has 0 bridgehead atoms. The van der Waals surface area contributed by atoms with Gasteiger partial charge in [0, 0.05) is 31.9 Å². The largest absolute Gasteiger partial charge is 0.338 e. The number of rotatable bonds is 3. The second kappa shape index (κ2) is 4.49. The molecule has 1 unspecified atom stereocenters. The lowest BCUT2D eigenvalue weighted by molar-refractivity contribution is 0.780. The molecule has 0 radical (unpaired) electrons. The molecule has 0 amide bonds. The van der Waals surface area contributed by atoms with Gasteiger partial charge < -0.3 is 10.3 Å². The first-order valence-corrected chi connectivity index (χ1v) is 5.48. The number of nitrogens with zero attached hydrogens (tertiary/aromatic N) is 2. The molecule has 2 aromatic rings. The van der Waals surface area contributed by atoms with E-state index in [2.05, 4.69) is 17.1 Å². The molecule has 2 rings (SSSR count). The quantitative estimate of drug-likeness (QED) is 0.851. The molecule has 2 N–H and O–H groups in total. The lowest BCUT2D eigenvalue weighted by Gasteiger charge is -2.12. The highest BCUT2D eigenvalue weighted by molar-refractivity contribution is 5.31. The van der Waals surface area contributed by atoms with Crippen LogP contribution in [-0.2, 0) is 13.5 Å². The predicted molar refractivity (Wildman–Crippen MR) is 65.1 cm³/mol. The van der Waals surface area contributed by atoms with Crippen molar-refractivity contribution in [3.05, 3.63) is 53.6 Å². The monoisotopic (exact) mass is 215 g/mol. The molecular formula is C13H17N3. The van der Waals surface area contributed by atoms with Crippen LogP contribution >= 0.6 is 0 Å². The highest BCUT2D eigenvalue weighted by atomic mass is 15.0. The summed E-state index contributed by atoms with van der Waals surface area (Å²) >= 11 is 0. The van der Waals surface area contributed by atoms with E-state index in [1.165, 1.54) is 11.1 Å². The second-order valence-electron chi connectivity index (χ2n) is 4.12. The van der Waals surface area contributed by atoms with Crippen LogP contribution in [-0.4, -0.2) is 9.55 Å². The maximum atomic E-state index is 5.95. The number of hydrogen-bond donors (Lipinski definition) is 1. The maximum absolute atomic E-state index is 5.95. The fourth-order valence-corrected chi connectivity index (χ4v) is 1.88. The molecule has 0 aliphatic rings. The van der Waals surface area contributed by atoms with Gasteiger partial charge in [-0.1, -0.05) is 24.3 Å². The molecule has 3 heteroatoms. The minimum atomic E-state index is 0.0662. The van der Waals surface area contributed by atoms with Crippen molar-refractivity contribution in [1.29, 1.82) is 0 Å². The molecule has 0 aliphatic carbocycles. The van der Waals surface area contributed by atoms with Gasteiger partial charge in [0.25, 0.3) is 0 Å². The van der Waals surface area contributed by atoms with Crippen LogP contribution in [0.5, 0.6) is 0 Å². The van der Waals surface area contributed by atoms with Gasteiger partial charge in [-0.2, -0.15) is 0 Å². The van der Waals surface area contributed by atoms with Gasteiger partial charge in [-0.05, 0) is 18.1 Å². The first-order chi connectivity index (χ1) is 7.68. The second-order valence-corrected chi connectivity index (χ2v) is 4.12. The average molecular weight is 215 g/mol. The molecule has 1 aromatic heterocycles. The van der Waals surface area contributed by atoms with Crippen molar-refractivity contribution in [3.63, 3.8) is 0 Å². The Labute approximate surface area is 95.9 Å². The molecule has 0 fully saturated rings. The highest BCUT2D eigenvalue weighted by Gasteiger charge is 2.08. The third-order valence-corrected chi connectivity index (χ3v) is 2.82. The summed E-state index contributed by atoms with van der Waals surface area (Å²) in [5.74, 6) is 1.06. The van der Waals surface area contributed by atoms with Crippen molar-refractivity contribution in [2.45, 2.75) is 19.4 Å². The minimum absolute atomic E-state index is 0.0662. The van der Waals surface area contributed by atoms with E-state index in [-0.39, 0.29) is 6.04 Å². The van der Waals surface area contributed by atoms with Crippen LogP contribution in [0.1, 0.15) is 29.9 Å². The summed E-state index contributed by atoms with van der Waals surface area (Å²) in [6.07, 6.45) is 4.62. The summed E-state index contributed by atoms with van der Waals surface area (Å²) in [6.45, 7) is 2.01. The zero-order valence-corrected chi connectivity index (χ0v) is 9.72. The molecule has 84 valence electrons. The Hall–Kier alpha value is -1.61. The molecule has 3 nitrogen and oxygen atoms in total. The van der Waals surface area contributed by atoms with Crippen molar-refractivity contribution in [1.82, 2.24) is 9.55 Å². The van der Waals surface area contributed by atoms with Crippen molar-refractivity contribution in [2.75, 3.05) is 0 Å². The normalized spacial score (nSPS) is 12.7. The predicted octanol–water partition coefficient (Wildman–Crippen LogP) is 2.03. The van der Waals surface area contributed by atoms with Crippen LogP contribution in [0.15, 0.2) is 36.7 Å². The Morgan fingerprint density at radius 3 is 2.75 bits per heavy atom. The molecule has 0 saturated carbocycles. The zero-order chi connectivity index (χ0) is 11.5. The third-order valence-electron chi connectivity index (χ3n) is 2.82. The van der Waals surface area contributed by atoms with Gasteiger partial charge in [0.15, 0.2) is 0 Å². The molecule has 1 aromatic carbocycles. The Morgan fingerprint density at radius 2 is 2.12 bits per heavy atom. The first kappa shape index (κ1) is 10.9. The van der Waals surface area contributed by atoms with Gasteiger partial charge in [-0.15, -0.1) is 0 Å². The van der Waals surface area contributed by atoms with Crippen LogP contribution in [0.4, 0.5) is 0 Å².